The molecule has 3 nitrogen and oxygen atoms in total. The lowest BCUT2D eigenvalue weighted by Crippen LogP contribution is -1.99. The van der Waals surface area contributed by atoms with Crippen molar-refractivity contribution in [3.63, 3.8) is 0 Å². The topological polar surface area (TPSA) is 27.1 Å². The highest BCUT2D eigenvalue weighted by molar-refractivity contribution is 9.08. The zero-order valence-corrected chi connectivity index (χ0v) is 11.8. The van der Waals surface area contributed by atoms with E-state index in [-0.39, 0.29) is 11.9 Å². The summed E-state index contributed by atoms with van der Waals surface area (Å²) >= 11 is 3.26. The maximum Gasteiger partial charge on any atom is 0.165 e. The quantitative estimate of drug-likeness (QED) is 0.787. The van der Waals surface area contributed by atoms with Crippen molar-refractivity contribution in [3.05, 3.63) is 42.0 Å². The fourth-order valence-electron chi connectivity index (χ4n) is 1.55. The monoisotopic (exact) mass is 312 g/mol. The molecule has 0 aliphatic rings. The minimum Gasteiger partial charge on any atom is -0.454 e. The van der Waals surface area contributed by atoms with Gasteiger partial charge in [0, 0.05) is 16.9 Å². The van der Waals surface area contributed by atoms with Crippen molar-refractivity contribution < 1.29 is 9.13 Å². The molecule has 1 heterocycles. The van der Waals surface area contributed by atoms with Crippen LogP contribution >= 0.6 is 15.9 Å². The fraction of sp³-hybridized carbons (Fsp3) is 0.308. The average Bonchev–Trinajstić information content (AvgIpc) is 2.78. The highest BCUT2D eigenvalue weighted by Gasteiger charge is 2.10. The van der Waals surface area contributed by atoms with E-state index in [2.05, 4.69) is 21.0 Å². The molecule has 0 unspecified atom stereocenters. The number of hydrogen-bond acceptors (Lipinski definition) is 2. The normalized spacial score (nSPS) is 10.9. The van der Waals surface area contributed by atoms with Crippen LogP contribution in [0.15, 0.2) is 30.6 Å². The van der Waals surface area contributed by atoms with Gasteiger partial charge in [0.05, 0.1) is 12.4 Å². The third-order valence-corrected chi connectivity index (χ3v) is 3.10. The van der Waals surface area contributed by atoms with Gasteiger partial charge in [0.15, 0.2) is 5.75 Å². The van der Waals surface area contributed by atoms with E-state index in [0.717, 1.165) is 0 Å². The van der Waals surface area contributed by atoms with Crippen molar-refractivity contribution in [2.75, 3.05) is 0 Å². The zero-order chi connectivity index (χ0) is 13.1. The Morgan fingerprint density at radius 1 is 1.44 bits per heavy atom. The van der Waals surface area contributed by atoms with Crippen LogP contribution in [-0.2, 0) is 5.33 Å². The summed E-state index contributed by atoms with van der Waals surface area (Å²) in [6.45, 7) is 4.06. The Hall–Kier alpha value is -1.36. The van der Waals surface area contributed by atoms with Crippen molar-refractivity contribution in [2.45, 2.75) is 25.2 Å². The van der Waals surface area contributed by atoms with Gasteiger partial charge in [0.1, 0.15) is 11.6 Å². The second kappa shape index (κ2) is 5.52. The molecule has 0 aliphatic heterocycles. The van der Waals surface area contributed by atoms with Crippen LogP contribution in [0.3, 0.4) is 0 Å². The standard InChI is InChI=1S/C13H14BrFN2O/c1-9(2)17-8-10(7-16-17)18-13-5-3-4-12(15)11(13)6-14/h3-5,7-9H,6H2,1-2H3. The molecule has 2 aromatic rings. The third-order valence-electron chi connectivity index (χ3n) is 2.54. The molecule has 1 aromatic carbocycles. The molecule has 0 fully saturated rings. The second-order valence-electron chi connectivity index (χ2n) is 4.20. The Morgan fingerprint density at radius 3 is 2.83 bits per heavy atom. The van der Waals surface area contributed by atoms with E-state index >= 15 is 0 Å². The molecular weight excluding hydrogens is 299 g/mol. The number of aromatic nitrogens is 2. The number of halogens is 2. The van der Waals surface area contributed by atoms with Gasteiger partial charge in [-0.05, 0) is 26.0 Å². The zero-order valence-electron chi connectivity index (χ0n) is 10.2. The second-order valence-corrected chi connectivity index (χ2v) is 4.76. The van der Waals surface area contributed by atoms with E-state index in [1.807, 2.05) is 13.8 Å². The summed E-state index contributed by atoms with van der Waals surface area (Å²) in [6.07, 6.45) is 3.43. The van der Waals surface area contributed by atoms with E-state index in [0.29, 0.717) is 22.4 Å². The molecule has 2 rings (SSSR count). The first kappa shape index (κ1) is 13.1. The van der Waals surface area contributed by atoms with Crippen LogP contribution in [0.5, 0.6) is 11.5 Å². The van der Waals surface area contributed by atoms with Gasteiger partial charge in [-0.25, -0.2) is 4.39 Å². The van der Waals surface area contributed by atoms with Crippen LogP contribution < -0.4 is 4.74 Å². The molecule has 0 spiro atoms. The smallest absolute Gasteiger partial charge is 0.165 e. The van der Waals surface area contributed by atoms with E-state index < -0.39 is 0 Å². The van der Waals surface area contributed by atoms with Crippen molar-refractivity contribution >= 4 is 15.9 Å². The lowest BCUT2D eigenvalue weighted by molar-refractivity contribution is 0.466. The fourth-order valence-corrected chi connectivity index (χ4v) is 2.09. The summed E-state index contributed by atoms with van der Waals surface area (Å²) in [6, 6.07) is 5.06. The molecule has 0 N–H and O–H groups in total. The van der Waals surface area contributed by atoms with Gasteiger partial charge < -0.3 is 4.74 Å². The highest BCUT2D eigenvalue weighted by Crippen LogP contribution is 2.28. The van der Waals surface area contributed by atoms with E-state index in [9.17, 15) is 4.39 Å². The van der Waals surface area contributed by atoms with Crippen LogP contribution in [0.4, 0.5) is 4.39 Å². The molecule has 18 heavy (non-hydrogen) atoms. The number of benzene rings is 1. The molecule has 0 bridgehead atoms. The van der Waals surface area contributed by atoms with Crippen LogP contribution in [-0.4, -0.2) is 9.78 Å². The van der Waals surface area contributed by atoms with Crippen molar-refractivity contribution in [1.82, 2.24) is 9.78 Å². The average molecular weight is 313 g/mol. The molecule has 0 saturated carbocycles. The molecular formula is C13H14BrFN2O. The molecule has 5 heteroatoms. The summed E-state index contributed by atoms with van der Waals surface area (Å²) in [5.74, 6) is 0.840. The molecule has 0 aliphatic carbocycles. The van der Waals surface area contributed by atoms with Crippen LogP contribution in [0.2, 0.25) is 0 Å². The van der Waals surface area contributed by atoms with Gasteiger partial charge in [-0.3, -0.25) is 4.68 Å². The van der Waals surface area contributed by atoms with Crippen LogP contribution in [0, 0.1) is 5.82 Å². The predicted octanol–water partition coefficient (Wildman–Crippen LogP) is 4.29. The summed E-state index contributed by atoms with van der Waals surface area (Å²) < 4.78 is 21.0. The minimum absolute atomic E-state index is 0.269. The molecule has 0 radical (unpaired) electrons. The van der Waals surface area contributed by atoms with Gasteiger partial charge in [-0.15, -0.1) is 0 Å². The van der Waals surface area contributed by atoms with Crippen molar-refractivity contribution in [2.24, 2.45) is 0 Å². The summed E-state index contributed by atoms with van der Waals surface area (Å²) in [5.41, 5.74) is 0.509. The molecule has 1 aromatic heterocycles. The van der Waals surface area contributed by atoms with Gasteiger partial charge in [-0.1, -0.05) is 22.0 Å². The first-order chi connectivity index (χ1) is 8.61. The summed E-state index contributed by atoms with van der Waals surface area (Å²) in [7, 11) is 0. The maximum atomic E-state index is 13.6. The SMILES string of the molecule is CC(C)n1cc(Oc2cccc(F)c2CBr)cn1. The van der Waals surface area contributed by atoms with Crippen molar-refractivity contribution in [1.29, 1.82) is 0 Å². The number of ether oxygens (including phenoxy) is 1. The molecule has 0 saturated heterocycles. The summed E-state index contributed by atoms with van der Waals surface area (Å²) in [5, 5.41) is 4.59. The van der Waals surface area contributed by atoms with Crippen LogP contribution in [0.1, 0.15) is 25.5 Å². The van der Waals surface area contributed by atoms with Gasteiger partial charge in [0.2, 0.25) is 0 Å². The predicted molar refractivity (Wildman–Crippen MR) is 71.7 cm³/mol. The van der Waals surface area contributed by atoms with E-state index in [1.54, 1.807) is 29.2 Å². The Labute approximate surface area is 114 Å². The largest absolute Gasteiger partial charge is 0.454 e. The van der Waals surface area contributed by atoms with Crippen molar-refractivity contribution in [3.8, 4) is 11.5 Å². The minimum atomic E-state index is -0.277. The lowest BCUT2D eigenvalue weighted by atomic mass is 10.2. The Balaban J connectivity index is 2.25. The van der Waals surface area contributed by atoms with Crippen LogP contribution in [0.25, 0.3) is 0 Å². The number of nitrogens with zero attached hydrogens (tertiary/aromatic N) is 2. The first-order valence-electron chi connectivity index (χ1n) is 5.67. The Bertz CT molecular complexity index is 540. The third kappa shape index (κ3) is 2.72. The Morgan fingerprint density at radius 2 is 2.22 bits per heavy atom. The Kier molecular flexibility index (Phi) is 4.01. The van der Waals surface area contributed by atoms with Gasteiger partial charge >= 0.3 is 0 Å². The van der Waals surface area contributed by atoms with E-state index in [1.165, 1.54) is 6.07 Å². The number of rotatable bonds is 4. The van der Waals surface area contributed by atoms with Gasteiger partial charge in [0.25, 0.3) is 0 Å². The van der Waals surface area contributed by atoms with Gasteiger partial charge in [-0.2, -0.15) is 5.10 Å². The van der Waals surface area contributed by atoms with E-state index in [4.69, 9.17) is 4.74 Å². The summed E-state index contributed by atoms with van der Waals surface area (Å²) in [4.78, 5) is 0. The number of hydrogen-bond donors (Lipinski definition) is 0. The molecule has 0 atom stereocenters. The molecule has 96 valence electrons. The molecule has 0 amide bonds. The highest BCUT2D eigenvalue weighted by atomic mass is 79.9. The lowest BCUT2D eigenvalue weighted by Gasteiger charge is -2.08. The maximum absolute atomic E-state index is 13.6. The first-order valence-corrected chi connectivity index (χ1v) is 6.79. The number of alkyl halides is 1.